The van der Waals surface area contributed by atoms with Crippen molar-refractivity contribution in [3.63, 3.8) is 0 Å². The molecule has 6 unspecified atom stereocenters. The summed E-state index contributed by atoms with van der Waals surface area (Å²) in [6, 6.07) is 0. The van der Waals surface area contributed by atoms with E-state index in [1.165, 1.54) is 56.9 Å². The fourth-order valence-electron chi connectivity index (χ4n) is 4.02. The lowest BCUT2D eigenvalue weighted by atomic mass is 9.91. The topological polar surface area (TPSA) is 79.2 Å². The Kier molecular flexibility index (Phi) is 14.1. The van der Waals surface area contributed by atoms with Crippen molar-refractivity contribution in [2.45, 2.75) is 117 Å². The Hall–Kier alpha value is -0.460. The van der Waals surface area contributed by atoms with Gasteiger partial charge in [0.25, 0.3) is 0 Å². The van der Waals surface area contributed by atoms with E-state index in [1.807, 2.05) is 6.08 Å². The van der Waals surface area contributed by atoms with Crippen LogP contribution in [0.2, 0.25) is 0 Å². The summed E-state index contributed by atoms with van der Waals surface area (Å²) < 4.78 is 10.8. The highest BCUT2D eigenvalue weighted by Gasteiger charge is 2.37. The fourth-order valence-corrected chi connectivity index (χ4v) is 4.02. The first-order valence-electron chi connectivity index (χ1n) is 12.1. The van der Waals surface area contributed by atoms with E-state index >= 15 is 0 Å². The molecule has 0 saturated carbocycles. The molecule has 5 nitrogen and oxygen atoms in total. The Morgan fingerprint density at radius 3 is 2.07 bits per heavy atom. The molecule has 1 aliphatic heterocycles. The van der Waals surface area contributed by atoms with E-state index in [1.54, 1.807) is 0 Å². The van der Waals surface area contributed by atoms with Crippen LogP contribution in [0.5, 0.6) is 0 Å². The molecular weight excluding hydrogens is 380 g/mol. The quantitative estimate of drug-likeness (QED) is 0.326. The second-order valence-electron chi connectivity index (χ2n) is 9.99. The minimum atomic E-state index is -1.22. The summed E-state index contributed by atoms with van der Waals surface area (Å²) >= 11 is 0. The van der Waals surface area contributed by atoms with Crippen LogP contribution < -0.4 is 0 Å². The van der Waals surface area contributed by atoms with Gasteiger partial charge in [0.15, 0.2) is 6.29 Å². The number of allylic oxidation sites excluding steroid dienone is 1. The van der Waals surface area contributed by atoms with Crippen LogP contribution in [0, 0.1) is 17.8 Å². The van der Waals surface area contributed by atoms with Crippen LogP contribution in [0.25, 0.3) is 0 Å². The summed E-state index contributed by atoms with van der Waals surface area (Å²) in [5, 5.41) is 29.0. The SMILES string of the molecule is CC(=CCOC1OCC(O)C(O)C1O)CCCC(C)CCCC(C)CCCC(C)C. The molecular formula is C25H48O5. The van der Waals surface area contributed by atoms with Gasteiger partial charge in [0, 0.05) is 0 Å². The van der Waals surface area contributed by atoms with Crippen LogP contribution in [0.15, 0.2) is 11.6 Å². The van der Waals surface area contributed by atoms with Gasteiger partial charge in [0.2, 0.25) is 0 Å². The van der Waals surface area contributed by atoms with Crippen LogP contribution >= 0.6 is 0 Å². The molecule has 0 aromatic carbocycles. The average molecular weight is 429 g/mol. The Morgan fingerprint density at radius 1 is 0.900 bits per heavy atom. The highest BCUT2D eigenvalue weighted by Crippen LogP contribution is 2.22. The number of hydrogen-bond acceptors (Lipinski definition) is 5. The second kappa shape index (κ2) is 15.4. The van der Waals surface area contributed by atoms with Crippen molar-refractivity contribution in [1.82, 2.24) is 0 Å². The predicted octanol–water partition coefficient (Wildman–Crippen LogP) is 4.83. The lowest BCUT2D eigenvalue weighted by Crippen LogP contribution is -2.53. The van der Waals surface area contributed by atoms with E-state index < -0.39 is 24.6 Å². The van der Waals surface area contributed by atoms with Gasteiger partial charge < -0.3 is 24.8 Å². The van der Waals surface area contributed by atoms with E-state index in [9.17, 15) is 15.3 Å². The van der Waals surface area contributed by atoms with Crippen molar-refractivity contribution in [3.8, 4) is 0 Å². The van der Waals surface area contributed by atoms with Gasteiger partial charge in [-0.2, -0.15) is 0 Å². The molecule has 5 heteroatoms. The number of ether oxygens (including phenoxy) is 2. The highest BCUT2D eigenvalue weighted by molar-refractivity contribution is 4.98. The molecule has 0 aromatic heterocycles. The van der Waals surface area contributed by atoms with Crippen LogP contribution in [-0.4, -0.2) is 53.1 Å². The Bertz CT molecular complexity index is 464. The zero-order valence-electron chi connectivity index (χ0n) is 20.1. The number of aliphatic hydroxyl groups is 3. The number of aliphatic hydroxyl groups excluding tert-OH is 3. The maximum absolute atomic E-state index is 9.86. The molecule has 30 heavy (non-hydrogen) atoms. The zero-order chi connectivity index (χ0) is 22.5. The highest BCUT2D eigenvalue weighted by atomic mass is 16.7. The third kappa shape index (κ3) is 11.8. The number of hydrogen-bond donors (Lipinski definition) is 3. The van der Waals surface area contributed by atoms with E-state index in [4.69, 9.17) is 9.47 Å². The van der Waals surface area contributed by atoms with Gasteiger partial charge in [-0.3, -0.25) is 0 Å². The normalized spacial score (nSPS) is 27.4. The third-order valence-corrected chi connectivity index (χ3v) is 6.29. The second-order valence-corrected chi connectivity index (χ2v) is 9.99. The van der Waals surface area contributed by atoms with Crippen LogP contribution in [-0.2, 0) is 9.47 Å². The minimum Gasteiger partial charge on any atom is -0.388 e. The lowest BCUT2D eigenvalue weighted by molar-refractivity contribution is -0.266. The summed E-state index contributed by atoms with van der Waals surface area (Å²) in [7, 11) is 0. The molecule has 0 spiro atoms. The van der Waals surface area contributed by atoms with Gasteiger partial charge in [-0.05, 0) is 37.5 Å². The van der Waals surface area contributed by atoms with E-state index in [2.05, 4.69) is 34.6 Å². The van der Waals surface area contributed by atoms with Crippen LogP contribution in [0.3, 0.4) is 0 Å². The summed E-state index contributed by atoms with van der Waals surface area (Å²) in [6.07, 6.45) is 9.24. The van der Waals surface area contributed by atoms with Crippen molar-refractivity contribution in [2.75, 3.05) is 13.2 Å². The largest absolute Gasteiger partial charge is 0.388 e. The number of rotatable bonds is 15. The van der Waals surface area contributed by atoms with Crippen molar-refractivity contribution < 1.29 is 24.8 Å². The molecule has 6 atom stereocenters. The van der Waals surface area contributed by atoms with Crippen molar-refractivity contribution in [2.24, 2.45) is 17.8 Å². The molecule has 1 saturated heterocycles. The first-order chi connectivity index (χ1) is 14.2. The van der Waals surface area contributed by atoms with Crippen molar-refractivity contribution in [3.05, 3.63) is 11.6 Å². The molecule has 0 bridgehead atoms. The van der Waals surface area contributed by atoms with E-state index in [-0.39, 0.29) is 6.61 Å². The summed E-state index contributed by atoms with van der Waals surface area (Å²) in [6.45, 7) is 11.8. The van der Waals surface area contributed by atoms with Crippen molar-refractivity contribution in [1.29, 1.82) is 0 Å². The Morgan fingerprint density at radius 2 is 1.47 bits per heavy atom. The molecule has 1 rings (SSSR count). The predicted molar refractivity (Wildman–Crippen MR) is 122 cm³/mol. The van der Waals surface area contributed by atoms with Crippen molar-refractivity contribution >= 4 is 0 Å². The summed E-state index contributed by atoms with van der Waals surface area (Å²) in [5.74, 6) is 2.46. The molecule has 1 fully saturated rings. The molecule has 1 heterocycles. The Labute approximate surface area is 184 Å². The van der Waals surface area contributed by atoms with Gasteiger partial charge in [0.05, 0.1) is 13.2 Å². The summed E-state index contributed by atoms with van der Waals surface area (Å²) in [4.78, 5) is 0. The monoisotopic (exact) mass is 428 g/mol. The smallest absolute Gasteiger partial charge is 0.186 e. The van der Waals surface area contributed by atoms with Crippen LogP contribution in [0.4, 0.5) is 0 Å². The average Bonchev–Trinajstić information content (AvgIpc) is 2.67. The van der Waals surface area contributed by atoms with Gasteiger partial charge in [-0.15, -0.1) is 0 Å². The maximum Gasteiger partial charge on any atom is 0.186 e. The third-order valence-electron chi connectivity index (χ3n) is 6.29. The molecule has 3 N–H and O–H groups in total. The Balaban J connectivity index is 2.09. The van der Waals surface area contributed by atoms with Gasteiger partial charge >= 0.3 is 0 Å². The molecule has 0 aliphatic carbocycles. The summed E-state index contributed by atoms with van der Waals surface area (Å²) in [5.41, 5.74) is 1.27. The molecule has 0 aromatic rings. The zero-order valence-corrected chi connectivity index (χ0v) is 20.1. The van der Waals surface area contributed by atoms with Crippen LogP contribution in [0.1, 0.15) is 92.4 Å². The lowest BCUT2D eigenvalue weighted by Gasteiger charge is -2.34. The standard InChI is InChI=1S/C25H48O5/c1-18(2)9-6-10-19(3)11-7-12-20(4)13-8-14-21(5)15-16-29-25-24(28)23(27)22(26)17-30-25/h15,18-20,22-28H,6-14,16-17H2,1-5H3. The maximum atomic E-state index is 9.86. The van der Waals surface area contributed by atoms with E-state index in [0.717, 1.165) is 24.2 Å². The molecule has 0 radical (unpaired) electrons. The first kappa shape index (κ1) is 27.6. The fraction of sp³-hybridized carbons (Fsp3) is 0.920. The van der Waals surface area contributed by atoms with Gasteiger partial charge in [-0.1, -0.05) is 84.3 Å². The van der Waals surface area contributed by atoms with E-state index in [0.29, 0.717) is 6.61 Å². The van der Waals surface area contributed by atoms with Gasteiger partial charge in [0.1, 0.15) is 18.3 Å². The molecule has 0 amide bonds. The molecule has 178 valence electrons. The van der Waals surface area contributed by atoms with Gasteiger partial charge in [-0.25, -0.2) is 0 Å². The molecule has 1 aliphatic rings. The minimum absolute atomic E-state index is 0.0276. The first-order valence-corrected chi connectivity index (χ1v) is 12.1.